The summed E-state index contributed by atoms with van der Waals surface area (Å²) in [6, 6.07) is 6.86. The molecule has 8 heteroatoms. The second-order valence-electron chi connectivity index (χ2n) is 3.55. The third-order valence-corrected chi connectivity index (χ3v) is 4.05. The summed E-state index contributed by atoms with van der Waals surface area (Å²) in [6.07, 6.45) is 3.46. The molecule has 102 valence electrons. The Morgan fingerprint density at radius 2 is 2.21 bits per heavy atom. The van der Waals surface area contributed by atoms with Crippen LogP contribution in [-0.4, -0.2) is 35.2 Å². The van der Waals surface area contributed by atoms with Crippen molar-refractivity contribution < 1.29 is 12.6 Å². The first kappa shape index (κ1) is 13.9. The molecule has 0 saturated heterocycles. The summed E-state index contributed by atoms with van der Waals surface area (Å²) >= 11 is 1.40. The maximum atomic E-state index is 11.6. The first-order valence-corrected chi connectivity index (χ1v) is 8.33. The second-order valence-corrected chi connectivity index (χ2v) is 6.24. The van der Waals surface area contributed by atoms with Gasteiger partial charge in [-0.25, -0.2) is 4.98 Å². The van der Waals surface area contributed by atoms with Gasteiger partial charge in [-0.1, -0.05) is 6.07 Å². The lowest BCUT2D eigenvalue weighted by Crippen LogP contribution is -2.14. The predicted octanol–water partition coefficient (Wildman–Crippen LogP) is 1.72. The molecular formula is C11H13N3O3S2. The lowest BCUT2D eigenvalue weighted by atomic mass is 10.5. The van der Waals surface area contributed by atoms with E-state index in [2.05, 4.69) is 10.1 Å². The van der Waals surface area contributed by atoms with E-state index in [0.717, 1.165) is 0 Å². The van der Waals surface area contributed by atoms with Crippen LogP contribution in [-0.2, 0) is 10.1 Å². The van der Waals surface area contributed by atoms with Gasteiger partial charge in [0.2, 0.25) is 5.88 Å². The van der Waals surface area contributed by atoms with Crippen molar-refractivity contribution in [2.45, 2.75) is 11.9 Å². The Bertz CT molecular complexity index is 653. The fraction of sp³-hybridized carbons (Fsp3) is 0.273. The first-order chi connectivity index (χ1) is 9.05. The summed E-state index contributed by atoms with van der Waals surface area (Å²) in [5, 5.41) is 4.90. The summed E-state index contributed by atoms with van der Waals surface area (Å²) in [5.41, 5.74) is 0. The van der Waals surface area contributed by atoms with Gasteiger partial charge in [-0.2, -0.15) is 18.2 Å². The Morgan fingerprint density at radius 3 is 2.79 bits per heavy atom. The molecule has 0 radical (unpaired) electrons. The lowest BCUT2D eigenvalue weighted by Gasteiger charge is -2.06. The van der Waals surface area contributed by atoms with E-state index in [1.165, 1.54) is 23.4 Å². The number of hydrogen-bond donors (Lipinski definition) is 0. The fourth-order valence-electron chi connectivity index (χ4n) is 1.33. The van der Waals surface area contributed by atoms with Crippen LogP contribution in [0.25, 0.3) is 5.82 Å². The molecule has 0 spiro atoms. The largest absolute Gasteiger partial charge is 0.361 e. The smallest absolute Gasteiger partial charge is 0.310 e. The first-order valence-electron chi connectivity index (χ1n) is 5.53. The predicted molar refractivity (Wildman–Crippen MR) is 73.2 cm³/mol. The molecule has 6 nitrogen and oxygen atoms in total. The van der Waals surface area contributed by atoms with E-state index in [-0.39, 0.29) is 11.6 Å². The van der Waals surface area contributed by atoms with E-state index >= 15 is 0 Å². The van der Waals surface area contributed by atoms with Crippen LogP contribution in [0.4, 0.5) is 0 Å². The summed E-state index contributed by atoms with van der Waals surface area (Å²) in [4.78, 5) is 4.13. The molecule has 0 amide bonds. The Morgan fingerprint density at radius 1 is 1.42 bits per heavy atom. The molecule has 0 saturated carbocycles. The van der Waals surface area contributed by atoms with Gasteiger partial charge in [0.1, 0.15) is 5.03 Å². The minimum absolute atomic E-state index is 0.102. The average Bonchev–Trinajstić information content (AvgIpc) is 2.82. The monoisotopic (exact) mass is 299 g/mol. The quantitative estimate of drug-likeness (QED) is 0.618. The van der Waals surface area contributed by atoms with Crippen molar-refractivity contribution in [2.24, 2.45) is 0 Å². The van der Waals surface area contributed by atoms with Gasteiger partial charge in [0, 0.05) is 12.3 Å². The summed E-state index contributed by atoms with van der Waals surface area (Å²) in [5.74, 6) is 0.545. The van der Waals surface area contributed by atoms with Crippen LogP contribution in [0, 0.1) is 0 Å². The van der Waals surface area contributed by atoms with Gasteiger partial charge in [-0.15, -0.1) is 11.8 Å². The molecule has 0 aromatic carbocycles. The zero-order valence-corrected chi connectivity index (χ0v) is 12.1. The van der Waals surface area contributed by atoms with Gasteiger partial charge in [-0.05, 0) is 25.3 Å². The van der Waals surface area contributed by atoms with Gasteiger partial charge in [-0.3, -0.25) is 0 Å². The minimum Gasteiger partial charge on any atom is -0.361 e. The molecule has 2 aromatic heterocycles. The Balaban J connectivity index is 2.46. The molecule has 0 bridgehead atoms. The number of nitrogens with zero attached hydrogens (tertiary/aromatic N) is 3. The van der Waals surface area contributed by atoms with Crippen LogP contribution in [0.3, 0.4) is 0 Å². The molecule has 0 N–H and O–H groups in total. The highest BCUT2D eigenvalue weighted by atomic mass is 32.2. The van der Waals surface area contributed by atoms with Gasteiger partial charge in [0.25, 0.3) is 0 Å². The Kier molecular flexibility index (Phi) is 4.11. The zero-order valence-electron chi connectivity index (χ0n) is 10.5. The number of hydrogen-bond acceptors (Lipinski definition) is 6. The van der Waals surface area contributed by atoms with Crippen molar-refractivity contribution in [3.8, 4) is 11.7 Å². The molecule has 2 aromatic rings. The van der Waals surface area contributed by atoms with Crippen molar-refractivity contribution in [1.82, 2.24) is 14.8 Å². The van der Waals surface area contributed by atoms with Crippen LogP contribution < -0.4 is 4.18 Å². The van der Waals surface area contributed by atoms with Crippen molar-refractivity contribution in [2.75, 3.05) is 12.0 Å². The van der Waals surface area contributed by atoms with E-state index in [1.54, 1.807) is 30.5 Å². The summed E-state index contributed by atoms with van der Waals surface area (Å²) in [7, 11) is -3.60. The molecule has 2 heterocycles. The number of pyridine rings is 1. The van der Waals surface area contributed by atoms with Gasteiger partial charge in [0.05, 0.1) is 5.75 Å². The van der Waals surface area contributed by atoms with Crippen LogP contribution in [0.2, 0.25) is 0 Å². The van der Waals surface area contributed by atoms with Crippen molar-refractivity contribution >= 4 is 21.9 Å². The molecule has 0 aliphatic rings. The highest BCUT2D eigenvalue weighted by Crippen LogP contribution is 2.24. The fourth-order valence-corrected chi connectivity index (χ4v) is 2.21. The summed E-state index contributed by atoms with van der Waals surface area (Å²) < 4.78 is 29.5. The van der Waals surface area contributed by atoms with E-state index in [9.17, 15) is 8.42 Å². The molecule has 0 atom stereocenters. The maximum absolute atomic E-state index is 11.6. The Labute approximate surface area is 115 Å². The highest BCUT2D eigenvalue weighted by Gasteiger charge is 2.17. The molecule has 19 heavy (non-hydrogen) atoms. The normalized spacial score (nSPS) is 11.5. The number of aromatic nitrogens is 3. The third kappa shape index (κ3) is 3.27. The lowest BCUT2D eigenvalue weighted by molar-refractivity contribution is 0.465. The molecule has 0 aliphatic heterocycles. The van der Waals surface area contributed by atoms with Crippen molar-refractivity contribution in [3.05, 3.63) is 30.5 Å². The topological polar surface area (TPSA) is 74.1 Å². The van der Waals surface area contributed by atoms with Crippen LogP contribution in [0.15, 0.2) is 35.5 Å². The van der Waals surface area contributed by atoms with E-state index in [4.69, 9.17) is 4.18 Å². The SMILES string of the molecule is CCS(=O)(=O)Oc1cc(SC)nn1-c1ccccn1. The molecular weight excluding hydrogens is 286 g/mol. The summed E-state index contributed by atoms with van der Waals surface area (Å²) in [6.45, 7) is 1.52. The number of rotatable bonds is 5. The van der Waals surface area contributed by atoms with Crippen molar-refractivity contribution in [1.29, 1.82) is 0 Å². The van der Waals surface area contributed by atoms with Crippen LogP contribution >= 0.6 is 11.8 Å². The van der Waals surface area contributed by atoms with E-state index in [1.807, 2.05) is 6.26 Å². The molecule has 0 unspecified atom stereocenters. The third-order valence-electron chi connectivity index (χ3n) is 2.30. The van der Waals surface area contributed by atoms with Crippen LogP contribution in [0.1, 0.15) is 6.92 Å². The standard InChI is InChI=1S/C11H13N3O3S2/c1-3-19(15,16)17-11-8-10(18-2)13-14(11)9-6-4-5-7-12-9/h4-8H,3H2,1-2H3. The van der Waals surface area contributed by atoms with Gasteiger partial charge < -0.3 is 4.18 Å². The molecule has 0 aliphatic carbocycles. The van der Waals surface area contributed by atoms with Gasteiger partial charge >= 0.3 is 10.1 Å². The van der Waals surface area contributed by atoms with Crippen LogP contribution in [0.5, 0.6) is 5.88 Å². The minimum atomic E-state index is -3.60. The zero-order chi connectivity index (χ0) is 13.9. The van der Waals surface area contributed by atoms with E-state index < -0.39 is 10.1 Å². The van der Waals surface area contributed by atoms with Gasteiger partial charge in [0.15, 0.2) is 5.82 Å². The van der Waals surface area contributed by atoms with E-state index in [0.29, 0.717) is 10.8 Å². The molecule has 2 rings (SSSR count). The Hall–Kier alpha value is -1.54. The molecule has 0 fully saturated rings. The maximum Gasteiger partial charge on any atom is 0.310 e. The average molecular weight is 299 g/mol. The van der Waals surface area contributed by atoms with Crippen molar-refractivity contribution in [3.63, 3.8) is 0 Å². The highest BCUT2D eigenvalue weighted by molar-refractivity contribution is 7.98. The number of thioether (sulfide) groups is 1. The second kappa shape index (κ2) is 5.62.